The molecule has 0 radical (unpaired) electrons. The van der Waals surface area contributed by atoms with Crippen molar-refractivity contribution in [3.63, 3.8) is 0 Å². The number of hydrogen-bond acceptors (Lipinski definition) is 4. The van der Waals surface area contributed by atoms with Crippen LogP contribution in [0.5, 0.6) is 0 Å². The van der Waals surface area contributed by atoms with Gasteiger partial charge in [0.1, 0.15) is 6.04 Å². The molecule has 0 saturated carbocycles. The lowest BCUT2D eigenvalue weighted by Gasteiger charge is -2.14. The van der Waals surface area contributed by atoms with Crippen LogP contribution in [0.3, 0.4) is 0 Å². The molecule has 13 heavy (non-hydrogen) atoms. The van der Waals surface area contributed by atoms with Gasteiger partial charge in [-0.2, -0.15) is 0 Å². The maximum atomic E-state index is 11.0. The maximum Gasteiger partial charge on any atom is 0.325 e. The van der Waals surface area contributed by atoms with E-state index in [1.165, 1.54) is 0 Å². The number of esters is 1. The summed E-state index contributed by atoms with van der Waals surface area (Å²) in [6.45, 7) is 6.29. The Morgan fingerprint density at radius 3 is 2.54 bits per heavy atom. The Labute approximate surface area is 79.4 Å². The van der Waals surface area contributed by atoms with E-state index in [0.717, 1.165) is 6.42 Å². The normalized spacial score (nSPS) is 15.1. The van der Waals surface area contributed by atoms with Gasteiger partial charge in [-0.05, 0) is 20.3 Å². The number of ether oxygens (including phenoxy) is 2. The van der Waals surface area contributed by atoms with Crippen molar-refractivity contribution in [2.24, 2.45) is 5.73 Å². The molecule has 4 heteroatoms. The van der Waals surface area contributed by atoms with Crippen molar-refractivity contribution in [3.05, 3.63) is 0 Å². The van der Waals surface area contributed by atoms with Crippen molar-refractivity contribution in [2.75, 3.05) is 13.2 Å². The third-order valence-electron chi connectivity index (χ3n) is 1.72. The Hall–Kier alpha value is -0.610. The fourth-order valence-electron chi connectivity index (χ4n) is 0.703. The van der Waals surface area contributed by atoms with E-state index < -0.39 is 12.0 Å². The SMILES string of the molecule is CCOC(=O)C(N)COC(C)CC. The van der Waals surface area contributed by atoms with E-state index in [9.17, 15) is 4.79 Å². The zero-order chi connectivity index (χ0) is 10.3. The fourth-order valence-corrected chi connectivity index (χ4v) is 0.703. The van der Waals surface area contributed by atoms with Crippen LogP contribution >= 0.6 is 0 Å². The molecule has 0 aliphatic carbocycles. The summed E-state index contributed by atoms with van der Waals surface area (Å²) in [5.41, 5.74) is 5.51. The molecule has 0 aromatic rings. The molecule has 0 spiro atoms. The van der Waals surface area contributed by atoms with Crippen LogP contribution < -0.4 is 5.73 Å². The maximum absolute atomic E-state index is 11.0. The average molecular weight is 189 g/mol. The second-order valence-electron chi connectivity index (χ2n) is 2.91. The third kappa shape index (κ3) is 5.60. The predicted molar refractivity (Wildman–Crippen MR) is 50.3 cm³/mol. The Bertz CT molecular complexity index is 150. The molecular weight excluding hydrogens is 170 g/mol. The summed E-state index contributed by atoms with van der Waals surface area (Å²) >= 11 is 0. The standard InChI is InChI=1S/C9H19NO3/c1-4-7(3)13-6-8(10)9(11)12-5-2/h7-8H,4-6,10H2,1-3H3. The molecule has 4 nitrogen and oxygen atoms in total. The van der Waals surface area contributed by atoms with Gasteiger partial charge in [-0.3, -0.25) is 4.79 Å². The van der Waals surface area contributed by atoms with Crippen molar-refractivity contribution in [1.29, 1.82) is 0 Å². The van der Waals surface area contributed by atoms with Crippen LogP contribution in [0.1, 0.15) is 27.2 Å². The van der Waals surface area contributed by atoms with E-state index >= 15 is 0 Å². The number of rotatable bonds is 6. The minimum Gasteiger partial charge on any atom is -0.465 e. The Morgan fingerprint density at radius 1 is 1.46 bits per heavy atom. The molecule has 0 aliphatic rings. The molecule has 0 aromatic heterocycles. The van der Waals surface area contributed by atoms with Crippen molar-refractivity contribution in [3.8, 4) is 0 Å². The first-order chi connectivity index (χ1) is 6.11. The second kappa shape index (κ2) is 6.86. The third-order valence-corrected chi connectivity index (χ3v) is 1.72. The van der Waals surface area contributed by atoms with Crippen LogP contribution in [0.2, 0.25) is 0 Å². The minimum atomic E-state index is -0.658. The highest BCUT2D eigenvalue weighted by Gasteiger charge is 2.15. The molecule has 0 rings (SSSR count). The molecule has 0 heterocycles. The monoisotopic (exact) mass is 189 g/mol. The van der Waals surface area contributed by atoms with Crippen molar-refractivity contribution < 1.29 is 14.3 Å². The lowest BCUT2D eigenvalue weighted by Crippen LogP contribution is -2.37. The smallest absolute Gasteiger partial charge is 0.325 e. The molecule has 78 valence electrons. The molecule has 2 N–H and O–H groups in total. The Kier molecular flexibility index (Phi) is 6.54. The van der Waals surface area contributed by atoms with Gasteiger partial charge in [0.2, 0.25) is 0 Å². The highest BCUT2D eigenvalue weighted by Crippen LogP contribution is 1.97. The lowest BCUT2D eigenvalue weighted by molar-refractivity contribution is -0.146. The highest BCUT2D eigenvalue weighted by atomic mass is 16.5. The topological polar surface area (TPSA) is 61.5 Å². The highest BCUT2D eigenvalue weighted by molar-refractivity contribution is 5.75. The number of carbonyl (C=O) groups excluding carboxylic acids is 1. The van der Waals surface area contributed by atoms with Crippen molar-refractivity contribution >= 4 is 5.97 Å². The van der Waals surface area contributed by atoms with Gasteiger partial charge in [0.15, 0.2) is 0 Å². The molecular formula is C9H19NO3. The van der Waals surface area contributed by atoms with Gasteiger partial charge in [0.25, 0.3) is 0 Å². The van der Waals surface area contributed by atoms with E-state index in [1.807, 2.05) is 13.8 Å². The molecule has 2 atom stereocenters. The quantitative estimate of drug-likeness (QED) is 0.624. The summed E-state index contributed by atoms with van der Waals surface area (Å²) < 4.78 is 10.0. The largest absolute Gasteiger partial charge is 0.465 e. The van der Waals surface area contributed by atoms with Crippen LogP contribution in [0.4, 0.5) is 0 Å². The van der Waals surface area contributed by atoms with Gasteiger partial charge in [-0.25, -0.2) is 0 Å². The van der Waals surface area contributed by atoms with E-state index in [2.05, 4.69) is 0 Å². The number of nitrogens with two attached hydrogens (primary N) is 1. The summed E-state index contributed by atoms with van der Waals surface area (Å²) in [6.07, 6.45) is 1.05. The van der Waals surface area contributed by atoms with Crippen LogP contribution in [0.25, 0.3) is 0 Å². The van der Waals surface area contributed by atoms with E-state index in [0.29, 0.717) is 6.61 Å². The second-order valence-corrected chi connectivity index (χ2v) is 2.91. The first kappa shape index (κ1) is 12.4. The molecule has 2 unspecified atom stereocenters. The molecule has 0 fully saturated rings. The Morgan fingerprint density at radius 2 is 2.08 bits per heavy atom. The lowest BCUT2D eigenvalue weighted by atomic mass is 10.3. The van der Waals surface area contributed by atoms with Crippen molar-refractivity contribution in [2.45, 2.75) is 39.3 Å². The molecule has 0 aromatic carbocycles. The Balaban J connectivity index is 3.60. The predicted octanol–water partition coefficient (Wildman–Crippen LogP) is 0.692. The molecule has 0 saturated heterocycles. The summed E-state index contributed by atoms with van der Waals surface area (Å²) in [5, 5.41) is 0. The number of hydrogen-bond donors (Lipinski definition) is 1. The van der Waals surface area contributed by atoms with Gasteiger partial charge < -0.3 is 15.2 Å². The summed E-state index contributed by atoms with van der Waals surface area (Å²) in [5.74, 6) is -0.397. The first-order valence-corrected chi connectivity index (χ1v) is 4.65. The molecule has 0 aliphatic heterocycles. The van der Waals surface area contributed by atoms with E-state index in [4.69, 9.17) is 15.2 Å². The zero-order valence-electron chi connectivity index (χ0n) is 8.58. The first-order valence-electron chi connectivity index (χ1n) is 4.65. The van der Waals surface area contributed by atoms with Crippen LogP contribution in [-0.2, 0) is 14.3 Å². The van der Waals surface area contributed by atoms with Gasteiger partial charge in [0, 0.05) is 0 Å². The van der Waals surface area contributed by atoms with E-state index in [1.54, 1.807) is 6.92 Å². The summed E-state index contributed by atoms with van der Waals surface area (Å²) in [6, 6.07) is -0.658. The van der Waals surface area contributed by atoms with Gasteiger partial charge in [0.05, 0.1) is 19.3 Å². The van der Waals surface area contributed by atoms with Crippen LogP contribution in [-0.4, -0.2) is 31.3 Å². The molecule has 0 bridgehead atoms. The van der Waals surface area contributed by atoms with Gasteiger partial charge in [-0.1, -0.05) is 6.92 Å². The van der Waals surface area contributed by atoms with Crippen LogP contribution in [0, 0.1) is 0 Å². The number of carbonyl (C=O) groups is 1. The van der Waals surface area contributed by atoms with Gasteiger partial charge >= 0.3 is 5.97 Å². The molecule has 0 amide bonds. The van der Waals surface area contributed by atoms with Gasteiger partial charge in [-0.15, -0.1) is 0 Å². The van der Waals surface area contributed by atoms with Crippen LogP contribution in [0.15, 0.2) is 0 Å². The summed E-state index contributed by atoms with van der Waals surface area (Å²) in [7, 11) is 0. The minimum absolute atomic E-state index is 0.139. The van der Waals surface area contributed by atoms with E-state index in [-0.39, 0.29) is 12.7 Å². The average Bonchev–Trinajstić information content (AvgIpc) is 2.13. The zero-order valence-corrected chi connectivity index (χ0v) is 8.58. The fraction of sp³-hybridized carbons (Fsp3) is 0.889. The summed E-state index contributed by atoms with van der Waals surface area (Å²) in [4.78, 5) is 11.0. The van der Waals surface area contributed by atoms with Crippen molar-refractivity contribution in [1.82, 2.24) is 0 Å².